The molecule has 0 aromatic heterocycles. The first-order valence-corrected chi connectivity index (χ1v) is 28.3. The number of hydrogen-bond acceptors (Lipinski definition) is 10. The van der Waals surface area contributed by atoms with E-state index in [9.17, 15) is 14.7 Å². The van der Waals surface area contributed by atoms with Crippen LogP contribution in [0.25, 0.3) is 0 Å². The van der Waals surface area contributed by atoms with Crippen molar-refractivity contribution in [3.63, 3.8) is 0 Å². The van der Waals surface area contributed by atoms with Crippen LogP contribution in [-0.2, 0) is 28.5 Å². The van der Waals surface area contributed by atoms with Crippen LogP contribution >= 0.6 is 23.5 Å². The second-order valence-electron chi connectivity index (χ2n) is 18.2. The van der Waals surface area contributed by atoms with E-state index in [2.05, 4.69) is 39.6 Å². The molecule has 1 rings (SSSR count). The lowest BCUT2D eigenvalue weighted by atomic mass is 9.99. The molecule has 0 saturated carbocycles. The number of thioether (sulfide) groups is 2. The zero-order valence-corrected chi connectivity index (χ0v) is 42.3. The van der Waals surface area contributed by atoms with Crippen molar-refractivity contribution in [1.82, 2.24) is 4.90 Å². The Hall–Kier alpha value is -0.520. The van der Waals surface area contributed by atoms with Gasteiger partial charge in [0.1, 0.15) is 12.2 Å². The number of rotatable bonds is 46. The number of nitrogens with zero attached hydrogens (tertiary/aromatic N) is 1. The van der Waals surface area contributed by atoms with Crippen molar-refractivity contribution in [1.29, 1.82) is 0 Å². The SMILES string of the molecule is CCCCCCCCCC(=O)OC(CCCCC1(CCCCC(CSCCCCC)OC(=O)CCCCCCCCC)OCC(CN(C)CCCCO)O1)CSCCCCC. The van der Waals surface area contributed by atoms with Crippen molar-refractivity contribution in [3.05, 3.63) is 0 Å². The molecule has 362 valence electrons. The summed E-state index contributed by atoms with van der Waals surface area (Å²) in [5, 5.41) is 9.27. The van der Waals surface area contributed by atoms with Crippen LogP contribution in [0.2, 0.25) is 0 Å². The number of ether oxygens (including phenoxy) is 4. The quantitative estimate of drug-likeness (QED) is 0.0470. The van der Waals surface area contributed by atoms with Crippen molar-refractivity contribution in [2.75, 3.05) is 56.4 Å². The number of carbonyl (C=O) groups excluding carboxylic acids is 2. The van der Waals surface area contributed by atoms with Gasteiger partial charge >= 0.3 is 11.9 Å². The average molecular weight is 902 g/mol. The number of esters is 2. The molecule has 1 N–H and O–H groups in total. The molecule has 0 radical (unpaired) electrons. The number of likely N-dealkylation sites (N-methyl/N-ethyl adjacent to an activating group) is 1. The van der Waals surface area contributed by atoms with Crippen LogP contribution in [-0.4, -0.2) is 102 Å². The van der Waals surface area contributed by atoms with Crippen LogP contribution in [0.1, 0.15) is 233 Å². The molecule has 0 spiro atoms. The first kappa shape index (κ1) is 58.5. The van der Waals surface area contributed by atoms with Gasteiger partial charge in [-0.15, -0.1) is 0 Å². The van der Waals surface area contributed by atoms with E-state index in [1.54, 1.807) is 0 Å². The normalized spacial score (nSPS) is 17.6. The molecular formula is C51H99NO7S2. The fourth-order valence-corrected chi connectivity index (χ4v) is 10.3. The highest BCUT2D eigenvalue weighted by Gasteiger charge is 2.41. The molecule has 3 unspecified atom stereocenters. The molecule has 1 heterocycles. The van der Waals surface area contributed by atoms with Gasteiger partial charge in [0.25, 0.3) is 0 Å². The molecule has 8 nitrogen and oxygen atoms in total. The van der Waals surface area contributed by atoms with E-state index >= 15 is 0 Å². The number of aliphatic hydroxyl groups excluding tert-OH is 1. The molecule has 0 aromatic rings. The lowest BCUT2D eigenvalue weighted by Gasteiger charge is -2.30. The highest BCUT2D eigenvalue weighted by Crippen LogP contribution is 2.35. The van der Waals surface area contributed by atoms with Crippen LogP contribution in [0, 0.1) is 0 Å². The van der Waals surface area contributed by atoms with E-state index < -0.39 is 5.79 Å². The Kier molecular flexibility index (Phi) is 40.4. The topological polar surface area (TPSA) is 94.5 Å². The third-order valence-corrected chi connectivity index (χ3v) is 14.4. The Morgan fingerprint density at radius 2 is 1.05 bits per heavy atom. The van der Waals surface area contributed by atoms with Crippen molar-refractivity contribution >= 4 is 35.5 Å². The van der Waals surface area contributed by atoms with Gasteiger partial charge in [-0.05, 0) is 102 Å². The molecule has 0 amide bonds. The van der Waals surface area contributed by atoms with Gasteiger partial charge in [-0.1, -0.05) is 130 Å². The first-order valence-electron chi connectivity index (χ1n) is 26.0. The van der Waals surface area contributed by atoms with Crippen molar-refractivity contribution < 1.29 is 33.6 Å². The summed E-state index contributed by atoms with van der Waals surface area (Å²) in [7, 11) is 2.13. The van der Waals surface area contributed by atoms with Crippen LogP contribution in [0.5, 0.6) is 0 Å². The van der Waals surface area contributed by atoms with Crippen LogP contribution in [0.4, 0.5) is 0 Å². The Morgan fingerprint density at radius 1 is 0.607 bits per heavy atom. The van der Waals surface area contributed by atoms with E-state index in [1.165, 1.54) is 103 Å². The summed E-state index contributed by atoms with van der Waals surface area (Å²) in [5.74, 6) is 3.31. The maximum atomic E-state index is 13.0. The predicted octanol–water partition coefficient (Wildman–Crippen LogP) is 13.9. The van der Waals surface area contributed by atoms with Crippen molar-refractivity contribution in [2.45, 2.75) is 257 Å². The summed E-state index contributed by atoms with van der Waals surface area (Å²) < 4.78 is 25.8. The molecule has 1 aliphatic rings. The third-order valence-electron chi connectivity index (χ3n) is 12.0. The summed E-state index contributed by atoms with van der Waals surface area (Å²) in [4.78, 5) is 28.2. The lowest BCUT2D eigenvalue weighted by Crippen LogP contribution is -2.35. The molecule has 3 atom stereocenters. The van der Waals surface area contributed by atoms with E-state index in [1.807, 2.05) is 23.5 Å². The molecule has 0 bridgehead atoms. The van der Waals surface area contributed by atoms with Crippen LogP contribution < -0.4 is 0 Å². The van der Waals surface area contributed by atoms with Crippen LogP contribution in [0.3, 0.4) is 0 Å². The minimum Gasteiger partial charge on any atom is -0.461 e. The van der Waals surface area contributed by atoms with E-state index in [-0.39, 0.29) is 36.9 Å². The average Bonchev–Trinajstić information content (AvgIpc) is 3.64. The fourth-order valence-electron chi connectivity index (χ4n) is 8.19. The third kappa shape index (κ3) is 34.5. The monoisotopic (exact) mass is 902 g/mol. The van der Waals surface area contributed by atoms with Gasteiger partial charge in [0.2, 0.25) is 0 Å². The first-order chi connectivity index (χ1) is 29.8. The van der Waals surface area contributed by atoms with Gasteiger partial charge < -0.3 is 29.0 Å². The van der Waals surface area contributed by atoms with E-state index in [0.717, 1.165) is 126 Å². The summed E-state index contributed by atoms with van der Waals surface area (Å²) >= 11 is 3.87. The standard InChI is InChI=1S/C51H99NO7S2/c1-6-10-14-16-18-20-22-34-49(54)57-46(44-60-40-30-12-8-3)32-24-26-36-51(56-43-48(59-51)42-52(5)38-28-29-39-53)37-27-25-33-47(45-61-41-31-13-9-4)58-50(55)35-23-21-19-17-15-11-7-2/h46-48,53H,6-45H2,1-5H3. The highest BCUT2D eigenvalue weighted by atomic mass is 32.2. The molecule has 1 fully saturated rings. The molecule has 1 saturated heterocycles. The Labute approximate surface area is 386 Å². The number of unbranched alkanes of at least 4 members (excludes halogenated alkanes) is 19. The number of hydrogen-bond donors (Lipinski definition) is 1. The van der Waals surface area contributed by atoms with Crippen LogP contribution in [0.15, 0.2) is 0 Å². The summed E-state index contributed by atoms with van der Waals surface area (Å²) in [6, 6.07) is 0. The summed E-state index contributed by atoms with van der Waals surface area (Å²) in [6.45, 7) is 11.5. The fraction of sp³-hybridized carbons (Fsp3) is 0.961. The molecule has 61 heavy (non-hydrogen) atoms. The van der Waals surface area contributed by atoms with Gasteiger partial charge in [-0.2, -0.15) is 23.5 Å². The Balaban J connectivity index is 2.82. The minimum atomic E-state index is -0.618. The lowest BCUT2D eigenvalue weighted by molar-refractivity contribution is -0.181. The molecule has 0 aromatic carbocycles. The molecule has 1 aliphatic heterocycles. The smallest absolute Gasteiger partial charge is 0.306 e. The molecule has 0 aliphatic carbocycles. The van der Waals surface area contributed by atoms with Gasteiger partial charge in [-0.3, -0.25) is 9.59 Å². The molecule has 10 heteroatoms. The van der Waals surface area contributed by atoms with Gasteiger partial charge in [0, 0.05) is 50.3 Å². The second-order valence-corrected chi connectivity index (χ2v) is 20.5. The summed E-state index contributed by atoms with van der Waals surface area (Å²) in [6.07, 6.45) is 34.1. The largest absolute Gasteiger partial charge is 0.461 e. The predicted molar refractivity (Wildman–Crippen MR) is 263 cm³/mol. The Bertz CT molecular complexity index is 933. The number of carbonyl (C=O) groups is 2. The number of aliphatic hydroxyl groups is 1. The molecular weight excluding hydrogens is 803 g/mol. The van der Waals surface area contributed by atoms with E-state index in [0.29, 0.717) is 19.4 Å². The maximum absolute atomic E-state index is 13.0. The van der Waals surface area contributed by atoms with Gasteiger partial charge in [0.15, 0.2) is 5.79 Å². The second kappa shape index (κ2) is 42.1. The van der Waals surface area contributed by atoms with Crippen molar-refractivity contribution in [3.8, 4) is 0 Å². The maximum Gasteiger partial charge on any atom is 0.306 e. The minimum absolute atomic E-state index is 0.0128. The zero-order chi connectivity index (χ0) is 44.5. The Morgan fingerprint density at radius 3 is 1.51 bits per heavy atom. The highest BCUT2D eigenvalue weighted by molar-refractivity contribution is 7.99. The van der Waals surface area contributed by atoms with E-state index in [4.69, 9.17) is 18.9 Å². The van der Waals surface area contributed by atoms with Crippen molar-refractivity contribution in [2.24, 2.45) is 0 Å². The van der Waals surface area contributed by atoms with Gasteiger partial charge in [-0.25, -0.2) is 0 Å². The van der Waals surface area contributed by atoms with Gasteiger partial charge in [0.05, 0.1) is 12.7 Å². The summed E-state index contributed by atoms with van der Waals surface area (Å²) in [5.41, 5.74) is 0. The zero-order valence-electron chi connectivity index (χ0n) is 40.7.